The van der Waals surface area contributed by atoms with E-state index in [9.17, 15) is 4.79 Å². The molecular weight excluding hydrogens is 337 g/mol. The van der Waals surface area contributed by atoms with Gasteiger partial charge in [-0.25, -0.2) is 0 Å². The highest BCUT2D eigenvalue weighted by Crippen LogP contribution is 2.34. The van der Waals surface area contributed by atoms with Crippen molar-refractivity contribution >= 4 is 63.5 Å². The van der Waals surface area contributed by atoms with Crippen molar-refractivity contribution < 1.29 is 9.53 Å². The number of thiocarbonyl (C=S) groups is 1. The van der Waals surface area contributed by atoms with Crippen molar-refractivity contribution in [1.82, 2.24) is 4.90 Å². The molecule has 0 bridgehead atoms. The van der Waals surface area contributed by atoms with E-state index < -0.39 is 0 Å². The number of methoxy groups -OCH3 is 1. The number of benzene rings is 1. The Bertz CT molecular complexity index is 590. The van der Waals surface area contributed by atoms with Gasteiger partial charge in [0, 0.05) is 17.2 Å². The van der Waals surface area contributed by atoms with Gasteiger partial charge in [-0.2, -0.15) is 0 Å². The summed E-state index contributed by atoms with van der Waals surface area (Å²) in [5.74, 6) is -0.122. The van der Waals surface area contributed by atoms with Crippen molar-refractivity contribution in [2.75, 3.05) is 20.3 Å². The molecule has 0 N–H and O–H groups in total. The Morgan fingerprint density at radius 1 is 1.45 bits per heavy atom. The minimum Gasteiger partial charge on any atom is -0.383 e. The molecule has 2 rings (SSSR count). The summed E-state index contributed by atoms with van der Waals surface area (Å²) >= 11 is 18.4. The Labute approximate surface area is 136 Å². The van der Waals surface area contributed by atoms with Crippen molar-refractivity contribution in [1.29, 1.82) is 0 Å². The van der Waals surface area contributed by atoms with Crippen molar-refractivity contribution in [2.45, 2.75) is 0 Å². The number of carbonyl (C=O) groups excluding carboxylic acids is 1. The summed E-state index contributed by atoms with van der Waals surface area (Å²) in [6.07, 6.45) is 1.73. The first kappa shape index (κ1) is 15.8. The molecule has 3 nitrogen and oxygen atoms in total. The molecule has 1 amide bonds. The Balaban J connectivity index is 2.23. The van der Waals surface area contributed by atoms with Crippen LogP contribution in [0.3, 0.4) is 0 Å². The van der Waals surface area contributed by atoms with E-state index in [1.165, 1.54) is 16.7 Å². The zero-order valence-corrected chi connectivity index (χ0v) is 13.7. The quantitative estimate of drug-likeness (QED) is 0.611. The van der Waals surface area contributed by atoms with Gasteiger partial charge in [0.1, 0.15) is 4.32 Å². The smallest absolute Gasteiger partial charge is 0.266 e. The van der Waals surface area contributed by atoms with Crippen LogP contribution in [0, 0.1) is 0 Å². The number of carbonyl (C=O) groups is 1. The molecule has 0 atom stereocenters. The minimum absolute atomic E-state index is 0.122. The fraction of sp³-hybridized carbons (Fsp3) is 0.231. The molecule has 1 aromatic carbocycles. The molecule has 0 spiro atoms. The standard InChI is InChI=1S/C13H11Cl2NO2S2/c1-18-5-4-16-12(17)11(20-13(16)19)6-8-2-3-9(14)7-10(8)15/h2-3,6-7H,4-5H2,1H3/b11-6-. The highest BCUT2D eigenvalue weighted by Gasteiger charge is 2.31. The van der Waals surface area contributed by atoms with Crippen LogP contribution in [-0.4, -0.2) is 35.4 Å². The predicted molar refractivity (Wildman–Crippen MR) is 88.2 cm³/mol. The Hall–Kier alpha value is -0.590. The van der Waals surface area contributed by atoms with Crippen LogP contribution in [0.2, 0.25) is 10.0 Å². The lowest BCUT2D eigenvalue weighted by Crippen LogP contribution is -2.31. The van der Waals surface area contributed by atoms with E-state index in [4.69, 9.17) is 40.2 Å². The van der Waals surface area contributed by atoms with E-state index in [1.54, 1.807) is 31.4 Å². The van der Waals surface area contributed by atoms with Crippen LogP contribution in [0.4, 0.5) is 0 Å². The largest absolute Gasteiger partial charge is 0.383 e. The van der Waals surface area contributed by atoms with Gasteiger partial charge >= 0.3 is 0 Å². The predicted octanol–water partition coefficient (Wildman–Crippen LogP) is 3.84. The summed E-state index contributed by atoms with van der Waals surface area (Å²) in [6, 6.07) is 5.14. The number of ether oxygens (including phenoxy) is 1. The van der Waals surface area contributed by atoms with Gasteiger partial charge in [-0.3, -0.25) is 9.69 Å². The average Bonchev–Trinajstić information content (AvgIpc) is 2.66. The fourth-order valence-corrected chi connectivity index (χ4v) is 3.40. The third-order valence-electron chi connectivity index (χ3n) is 2.64. The minimum atomic E-state index is -0.122. The number of halogens is 2. The second-order valence-corrected chi connectivity index (χ2v) is 6.51. The average molecular weight is 348 g/mol. The maximum absolute atomic E-state index is 12.2. The third kappa shape index (κ3) is 3.54. The highest BCUT2D eigenvalue weighted by atomic mass is 35.5. The third-order valence-corrected chi connectivity index (χ3v) is 4.58. The molecule has 0 aliphatic carbocycles. The summed E-state index contributed by atoms with van der Waals surface area (Å²) in [5.41, 5.74) is 0.739. The normalized spacial score (nSPS) is 17.4. The van der Waals surface area contributed by atoms with Crippen LogP contribution >= 0.6 is 47.2 Å². The first-order valence-corrected chi connectivity index (χ1v) is 7.70. The van der Waals surface area contributed by atoms with E-state index in [1.807, 2.05) is 0 Å². The highest BCUT2D eigenvalue weighted by molar-refractivity contribution is 8.26. The molecule has 0 saturated carbocycles. The zero-order chi connectivity index (χ0) is 14.7. The topological polar surface area (TPSA) is 29.5 Å². The monoisotopic (exact) mass is 347 g/mol. The second-order valence-electron chi connectivity index (χ2n) is 3.99. The van der Waals surface area contributed by atoms with Crippen LogP contribution < -0.4 is 0 Å². The van der Waals surface area contributed by atoms with E-state index >= 15 is 0 Å². The van der Waals surface area contributed by atoms with Gasteiger partial charge in [-0.15, -0.1) is 0 Å². The molecule has 1 aliphatic heterocycles. The van der Waals surface area contributed by atoms with Crippen molar-refractivity contribution in [2.24, 2.45) is 0 Å². The molecule has 7 heteroatoms. The molecule has 1 heterocycles. The van der Waals surface area contributed by atoms with Gasteiger partial charge in [0.2, 0.25) is 0 Å². The van der Waals surface area contributed by atoms with Crippen molar-refractivity contribution in [3.8, 4) is 0 Å². The number of rotatable bonds is 4. The molecule has 1 fully saturated rings. The summed E-state index contributed by atoms with van der Waals surface area (Å²) in [6.45, 7) is 0.897. The number of hydrogen-bond donors (Lipinski definition) is 0. The SMILES string of the molecule is COCCN1C(=O)/C(=C/c2ccc(Cl)cc2Cl)SC1=S. The van der Waals surface area contributed by atoms with Gasteiger partial charge in [0.05, 0.1) is 18.1 Å². The van der Waals surface area contributed by atoms with E-state index in [0.717, 1.165) is 5.56 Å². The van der Waals surface area contributed by atoms with Crippen LogP contribution in [0.15, 0.2) is 23.1 Å². The van der Waals surface area contributed by atoms with Gasteiger partial charge in [0.15, 0.2) is 0 Å². The van der Waals surface area contributed by atoms with Gasteiger partial charge < -0.3 is 4.74 Å². The van der Waals surface area contributed by atoms with Crippen molar-refractivity contribution in [3.05, 3.63) is 38.7 Å². The summed E-state index contributed by atoms with van der Waals surface area (Å²) < 4.78 is 5.50. The summed E-state index contributed by atoms with van der Waals surface area (Å²) in [4.78, 5) is 14.3. The maximum Gasteiger partial charge on any atom is 0.266 e. The number of hydrogen-bond acceptors (Lipinski definition) is 4. The lowest BCUT2D eigenvalue weighted by molar-refractivity contribution is -0.122. The van der Waals surface area contributed by atoms with Crippen LogP contribution in [-0.2, 0) is 9.53 Å². The molecule has 0 radical (unpaired) electrons. The molecule has 106 valence electrons. The molecular formula is C13H11Cl2NO2S2. The molecule has 0 aromatic heterocycles. The van der Waals surface area contributed by atoms with Gasteiger partial charge in [0.25, 0.3) is 5.91 Å². The zero-order valence-electron chi connectivity index (χ0n) is 10.6. The fourth-order valence-electron chi connectivity index (χ4n) is 1.64. The lowest BCUT2D eigenvalue weighted by Gasteiger charge is -2.12. The molecule has 20 heavy (non-hydrogen) atoms. The summed E-state index contributed by atoms with van der Waals surface area (Å²) in [5, 5.41) is 1.06. The Morgan fingerprint density at radius 2 is 2.20 bits per heavy atom. The summed E-state index contributed by atoms with van der Waals surface area (Å²) in [7, 11) is 1.58. The second kappa shape index (κ2) is 6.91. The van der Waals surface area contributed by atoms with Gasteiger partial charge in [-0.1, -0.05) is 53.2 Å². The molecule has 1 aromatic rings. The van der Waals surface area contributed by atoms with Gasteiger partial charge in [-0.05, 0) is 23.8 Å². The molecule has 0 unspecified atom stereocenters. The van der Waals surface area contributed by atoms with Crippen LogP contribution in [0.1, 0.15) is 5.56 Å². The number of thioether (sulfide) groups is 1. The maximum atomic E-state index is 12.2. The Morgan fingerprint density at radius 3 is 2.85 bits per heavy atom. The van der Waals surface area contributed by atoms with E-state index in [0.29, 0.717) is 32.4 Å². The lowest BCUT2D eigenvalue weighted by atomic mass is 10.2. The van der Waals surface area contributed by atoms with Crippen LogP contribution in [0.5, 0.6) is 0 Å². The number of amides is 1. The van der Waals surface area contributed by atoms with Crippen molar-refractivity contribution in [3.63, 3.8) is 0 Å². The first-order chi connectivity index (χ1) is 9.52. The first-order valence-electron chi connectivity index (χ1n) is 5.72. The number of nitrogens with zero attached hydrogens (tertiary/aromatic N) is 1. The molecule has 1 aliphatic rings. The van der Waals surface area contributed by atoms with E-state index in [2.05, 4.69) is 0 Å². The van der Waals surface area contributed by atoms with Crippen LogP contribution in [0.25, 0.3) is 6.08 Å². The van der Waals surface area contributed by atoms with E-state index in [-0.39, 0.29) is 5.91 Å². The Kier molecular flexibility index (Phi) is 5.46. The molecule has 1 saturated heterocycles.